The molecule has 0 fully saturated rings. The van der Waals surface area contributed by atoms with E-state index in [0.717, 1.165) is 22.2 Å². The van der Waals surface area contributed by atoms with E-state index in [9.17, 15) is 0 Å². The van der Waals surface area contributed by atoms with Crippen LogP contribution in [0.15, 0.2) is 24.3 Å². The van der Waals surface area contributed by atoms with Crippen molar-refractivity contribution in [1.82, 2.24) is 19.8 Å². The van der Waals surface area contributed by atoms with Gasteiger partial charge in [-0.15, -0.1) is 10.2 Å². The molecule has 0 amide bonds. The fourth-order valence-electron chi connectivity index (χ4n) is 2.48. The molecule has 1 unspecified atom stereocenters. The minimum atomic E-state index is 0.217. The molecule has 3 aromatic rings. The topological polar surface area (TPSA) is 64.3 Å². The number of nitrogens with one attached hydrogen (secondary N) is 1. The van der Waals surface area contributed by atoms with Gasteiger partial charge >= 0.3 is 0 Å². The normalized spacial score (nSPS) is 17.4. The third-order valence-electron chi connectivity index (χ3n) is 3.41. The molecule has 102 valence electrons. The second-order valence-electron chi connectivity index (χ2n) is 4.74. The Morgan fingerprint density at radius 1 is 1.40 bits per heavy atom. The maximum atomic E-state index is 5.11. The molecule has 2 aromatic heterocycles. The van der Waals surface area contributed by atoms with Crippen molar-refractivity contribution >= 4 is 22.0 Å². The summed E-state index contributed by atoms with van der Waals surface area (Å²) in [5.74, 6) is 0.737. The Hall–Kier alpha value is -1.99. The molecule has 20 heavy (non-hydrogen) atoms. The van der Waals surface area contributed by atoms with Crippen LogP contribution < -0.4 is 5.32 Å². The van der Waals surface area contributed by atoms with Gasteiger partial charge in [0.1, 0.15) is 11.6 Å². The zero-order chi connectivity index (χ0) is 13.5. The van der Waals surface area contributed by atoms with Crippen molar-refractivity contribution in [3.8, 4) is 0 Å². The van der Waals surface area contributed by atoms with Gasteiger partial charge < -0.3 is 10.1 Å². The van der Waals surface area contributed by atoms with Crippen LogP contribution in [-0.2, 0) is 17.8 Å². The zero-order valence-electron chi connectivity index (χ0n) is 10.9. The standard InChI is InChI=1S/C13H13N5OS/c1-19-7-11-15-16-13-18(11)17-12(20-13)10-6-8-4-2-3-5-9(8)14-10/h2-5,10,14H,6-7H2,1H3. The van der Waals surface area contributed by atoms with Crippen LogP contribution in [0, 0.1) is 0 Å². The maximum absolute atomic E-state index is 5.11. The molecule has 3 heterocycles. The van der Waals surface area contributed by atoms with Gasteiger partial charge in [0.15, 0.2) is 5.82 Å². The van der Waals surface area contributed by atoms with E-state index >= 15 is 0 Å². The van der Waals surface area contributed by atoms with Crippen LogP contribution in [0.4, 0.5) is 5.69 Å². The Bertz CT molecular complexity index is 740. The van der Waals surface area contributed by atoms with Crippen LogP contribution in [0.25, 0.3) is 4.96 Å². The van der Waals surface area contributed by atoms with E-state index in [0.29, 0.717) is 6.61 Å². The number of anilines is 1. The van der Waals surface area contributed by atoms with E-state index in [1.54, 1.807) is 23.0 Å². The highest BCUT2D eigenvalue weighted by Gasteiger charge is 2.25. The summed E-state index contributed by atoms with van der Waals surface area (Å²) < 4.78 is 6.88. The summed E-state index contributed by atoms with van der Waals surface area (Å²) in [5, 5.41) is 17.4. The number of rotatable bonds is 3. The molecular formula is C13H13N5OS. The summed E-state index contributed by atoms with van der Waals surface area (Å²) >= 11 is 1.57. The van der Waals surface area contributed by atoms with E-state index in [1.807, 2.05) is 6.07 Å². The van der Waals surface area contributed by atoms with Crippen LogP contribution in [0.5, 0.6) is 0 Å². The van der Waals surface area contributed by atoms with Crippen LogP contribution in [-0.4, -0.2) is 26.9 Å². The van der Waals surface area contributed by atoms with Crippen LogP contribution in [0.1, 0.15) is 22.4 Å². The van der Waals surface area contributed by atoms with Gasteiger partial charge in [-0.05, 0) is 11.6 Å². The van der Waals surface area contributed by atoms with Crippen LogP contribution >= 0.6 is 11.3 Å². The maximum Gasteiger partial charge on any atom is 0.234 e. The molecule has 4 rings (SSSR count). The Balaban J connectivity index is 1.67. The lowest BCUT2D eigenvalue weighted by Gasteiger charge is -2.06. The number of fused-ring (bicyclic) bond motifs is 2. The highest BCUT2D eigenvalue weighted by molar-refractivity contribution is 7.16. The van der Waals surface area contributed by atoms with Gasteiger partial charge in [-0.1, -0.05) is 29.5 Å². The van der Waals surface area contributed by atoms with Crippen molar-refractivity contribution in [2.75, 3.05) is 12.4 Å². The average molecular weight is 287 g/mol. The summed E-state index contributed by atoms with van der Waals surface area (Å²) in [6.07, 6.45) is 0.958. The third kappa shape index (κ3) is 1.78. The number of hydrogen-bond acceptors (Lipinski definition) is 6. The first kappa shape index (κ1) is 11.8. The smallest absolute Gasteiger partial charge is 0.234 e. The number of nitrogens with zero attached hydrogens (tertiary/aromatic N) is 4. The largest absolute Gasteiger partial charge is 0.377 e. The first-order chi connectivity index (χ1) is 9.85. The fraction of sp³-hybridized carbons (Fsp3) is 0.308. The fourth-order valence-corrected chi connectivity index (χ4v) is 3.39. The van der Waals surface area contributed by atoms with Crippen molar-refractivity contribution < 1.29 is 4.74 Å². The number of methoxy groups -OCH3 is 1. The summed E-state index contributed by atoms with van der Waals surface area (Å²) in [4.78, 5) is 0.810. The quantitative estimate of drug-likeness (QED) is 0.798. The molecule has 0 aliphatic carbocycles. The molecule has 0 spiro atoms. The second kappa shape index (κ2) is 4.53. The number of benzene rings is 1. The zero-order valence-corrected chi connectivity index (χ0v) is 11.7. The van der Waals surface area contributed by atoms with E-state index in [-0.39, 0.29) is 6.04 Å². The van der Waals surface area contributed by atoms with Gasteiger partial charge in [-0.25, -0.2) is 0 Å². The number of hydrogen-bond donors (Lipinski definition) is 1. The summed E-state index contributed by atoms with van der Waals surface area (Å²) in [7, 11) is 1.64. The first-order valence-electron chi connectivity index (χ1n) is 6.39. The van der Waals surface area contributed by atoms with Gasteiger partial charge in [0.05, 0.1) is 6.04 Å². The van der Waals surface area contributed by atoms with Gasteiger partial charge in [-0.2, -0.15) is 9.61 Å². The number of ether oxygens (including phenoxy) is 1. The molecule has 1 N–H and O–H groups in total. The predicted molar refractivity (Wildman–Crippen MR) is 75.9 cm³/mol. The molecule has 0 radical (unpaired) electrons. The Morgan fingerprint density at radius 2 is 2.30 bits per heavy atom. The molecule has 1 aliphatic rings. The Kier molecular flexibility index (Phi) is 2.68. The summed E-state index contributed by atoms with van der Waals surface area (Å²) in [5.41, 5.74) is 2.53. The van der Waals surface area contributed by atoms with Gasteiger partial charge in [-0.3, -0.25) is 0 Å². The molecule has 0 bridgehead atoms. The molecular weight excluding hydrogens is 274 g/mol. The minimum absolute atomic E-state index is 0.217. The van der Waals surface area contributed by atoms with Crippen LogP contribution in [0.2, 0.25) is 0 Å². The van der Waals surface area contributed by atoms with Crippen molar-refractivity contribution in [3.63, 3.8) is 0 Å². The molecule has 1 atom stereocenters. The van der Waals surface area contributed by atoms with E-state index < -0.39 is 0 Å². The number of aromatic nitrogens is 4. The van der Waals surface area contributed by atoms with E-state index in [1.165, 1.54) is 11.3 Å². The van der Waals surface area contributed by atoms with Crippen molar-refractivity contribution in [2.45, 2.75) is 19.1 Å². The Morgan fingerprint density at radius 3 is 3.15 bits per heavy atom. The predicted octanol–water partition coefficient (Wildman–Crippen LogP) is 2.04. The van der Waals surface area contributed by atoms with Gasteiger partial charge in [0, 0.05) is 19.2 Å². The molecule has 1 aromatic carbocycles. The second-order valence-corrected chi connectivity index (χ2v) is 5.73. The lowest BCUT2D eigenvalue weighted by Crippen LogP contribution is -2.06. The van der Waals surface area contributed by atoms with Gasteiger partial charge in [0.25, 0.3) is 0 Å². The Labute approximate surface area is 119 Å². The summed E-state index contributed by atoms with van der Waals surface area (Å²) in [6.45, 7) is 0.419. The summed E-state index contributed by atoms with van der Waals surface area (Å²) in [6, 6.07) is 8.58. The SMILES string of the molecule is COCc1nnc2sc(C3Cc4ccccc4N3)nn12. The molecule has 7 heteroatoms. The van der Waals surface area contributed by atoms with Crippen LogP contribution in [0.3, 0.4) is 0 Å². The molecule has 0 saturated heterocycles. The molecule has 1 aliphatic heterocycles. The van der Waals surface area contributed by atoms with Crippen molar-refractivity contribution in [1.29, 1.82) is 0 Å². The highest BCUT2D eigenvalue weighted by Crippen LogP contribution is 2.35. The monoisotopic (exact) mass is 287 g/mol. The van der Waals surface area contributed by atoms with Gasteiger partial charge in [0.2, 0.25) is 4.96 Å². The van der Waals surface area contributed by atoms with E-state index in [2.05, 4.69) is 38.8 Å². The third-order valence-corrected chi connectivity index (χ3v) is 4.43. The van der Waals surface area contributed by atoms with Crippen molar-refractivity contribution in [2.24, 2.45) is 0 Å². The average Bonchev–Trinajstić information content (AvgIpc) is 3.12. The van der Waals surface area contributed by atoms with E-state index in [4.69, 9.17) is 4.74 Å². The number of para-hydroxylation sites is 1. The first-order valence-corrected chi connectivity index (χ1v) is 7.21. The lowest BCUT2D eigenvalue weighted by atomic mass is 10.1. The highest BCUT2D eigenvalue weighted by atomic mass is 32.1. The molecule has 0 saturated carbocycles. The molecule has 6 nitrogen and oxygen atoms in total. The minimum Gasteiger partial charge on any atom is -0.377 e. The van der Waals surface area contributed by atoms with Crippen molar-refractivity contribution in [3.05, 3.63) is 40.7 Å². The lowest BCUT2D eigenvalue weighted by molar-refractivity contribution is 0.176.